The first-order valence-electron chi connectivity index (χ1n) is 6.72. The fourth-order valence-corrected chi connectivity index (χ4v) is 1.02. The molecule has 0 aromatic heterocycles. The molecule has 4 heteroatoms. The van der Waals surface area contributed by atoms with Crippen molar-refractivity contribution in [2.75, 3.05) is 0 Å². The summed E-state index contributed by atoms with van der Waals surface area (Å²) in [6.45, 7) is 19.4. The van der Waals surface area contributed by atoms with Crippen LogP contribution < -0.4 is 0 Å². The highest BCUT2D eigenvalue weighted by Crippen LogP contribution is 2.01. The van der Waals surface area contributed by atoms with E-state index in [4.69, 9.17) is 6.42 Å². The summed E-state index contributed by atoms with van der Waals surface area (Å²) in [5.41, 5.74) is 5.02. The van der Waals surface area contributed by atoms with Crippen LogP contribution >= 0.6 is 0 Å². The van der Waals surface area contributed by atoms with Gasteiger partial charge in [-0.2, -0.15) is 0 Å². The van der Waals surface area contributed by atoms with Crippen molar-refractivity contribution in [1.29, 1.82) is 0 Å². The summed E-state index contributed by atoms with van der Waals surface area (Å²) in [6.07, 6.45) is 5.12. The summed E-state index contributed by atoms with van der Waals surface area (Å²) < 4.78 is 0. The second kappa shape index (κ2) is 9.99. The second-order valence-corrected chi connectivity index (χ2v) is 16.9. The van der Waals surface area contributed by atoms with Crippen LogP contribution in [-0.4, -0.2) is 32.6 Å². The molecule has 0 unspecified atom stereocenters. The Morgan fingerprint density at radius 2 is 1.25 bits per heavy atom. The molecule has 0 atom stereocenters. The standard InChI is InChI=1S/C8H16OSi.C5H10Si.C3H6O/c1-8(2,9)6-7-10(3,4)5;1-5-6(2,3)4;1-3(2)4/h9H,1-5H3;1H,2-4H3;1-2H3. The predicted molar refractivity (Wildman–Crippen MR) is 96.0 cm³/mol. The van der Waals surface area contributed by atoms with Crippen molar-refractivity contribution in [2.24, 2.45) is 0 Å². The second-order valence-electron chi connectivity index (χ2n) is 7.36. The topological polar surface area (TPSA) is 37.3 Å². The third-order valence-electron chi connectivity index (χ3n) is 1.18. The molecule has 0 aromatic carbocycles. The van der Waals surface area contributed by atoms with E-state index in [0.717, 1.165) is 0 Å². The number of rotatable bonds is 0. The normalized spacial score (nSPS) is 10.5. The Balaban J connectivity index is -0.000000246. The molecule has 0 aliphatic carbocycles. The summed E-state index contributed by atoms with van der Waals surface area (Å²) in [5, 5.41) is 9.23. The molecule has 20 heavy (non-hydrogen) atoms. The van der Waals surface area contributed by atoms with Crippen LogP contribution in [0.25, 0.3) is 0 Å². The Kier molecular flexibility index (Phi) is 12.1. The number of hydrogen-bond donors (Lipinski definition) is 1. The highest BCUT2D eigenvalue weighted by atomic mass is 28.3. The quantitative estimate of drug-likeness (QED) is 0.546. The monoisotopic (exact) mass is 312 g/mol. The van der Waals surface area contributed by atoms with E-state index in [-0.39, 0.29) is 5.78 Å². The third-order valence-corrected chi connectivity index (χ3v) is 2.92. The van der Waals surface area contributed by atoms with Crippen LogP contribution in [0, 0.1) is 23.4 Å². The van der Waals surface area contributed by atoms with Gasteiger partial charge < -0.3 is 9.90 Å². The average Bonchev–Trinajstić information content (AvgIpc) is 2.12. The summed E-state index contributed by atoms with van der Waals surface area (Å²) >= 11 is 0. The number of hydrogen-bond acceptors (Lipinski definition) is 2. The summed E-state index contributed by atoms with van der Waals surface area (Å²) in [4.78, 5) is 9.44. The van der Waals surface area contributed by atoms with Gasteiger partial charge in [-0.25, -0.2) is 0 Å². The number of Topliss-reactive ketones (excluding diaryl/α,β-unsaturated/α-hetero) is 1. The van der Waals surface area contributed by atoms with Crippen molar-refractivity contribution < 1.29 is 9.90 Å². The van der Waals surface area contributed by atoms with Crippen molar-refractivity contribution in [3.63, 3.8) is 0 Å². The van der Waals surface area contributed by atoms with Gasteiger partial charge in [0.2, 0.25) is 0 Å². The van der Waals surface area contributed by atoms with Crippen LogP contribution in [0.15, 0.2) is 0 Å². The van der Waals surface area contributed by atoms with Crippen LogP contribution in [0.3, 0.4) is 0 Å². The molecule has 116 valence electrons. The van der Waals surface area contributed by atoms with Gasteiger partial charge in [-0.05, 0) is 27.7 Å². The predicted octanol–water partition coefficient (Wildman–Crippen LogP) is 3.73. The van der Waals surface area contributed by atoms with E-state index in [1.54, 1.807) is 13.8 Å². The molecule has 0 aromatic rings. The summed E-state index contributed by atoms with van der Waals surface area (Å²) in [5.74, 6) is 3.00. The minimum Gasteiger partial charge on any atom is -0.378 e. The first-order chi connectivity index (χ1) is 8.50. The fraction of sp³-hybridized carbons (Fsp3) is 0.688. The number of terminal acetylenes is 1. The molecule has 0 fully saturated rings. The van der Waals surface area contributed by atoms with Crippen molar-refractivity contribution in [3.8, 4) is 23.4 Å². The minimum absolute atomic E-state index is 0.167. The number of aliphatic hydroxyl groups is 1. The molecule has 2 nitrogen and oxygen atoms in total. The molecule has 0 radical (unpaired) electrons. The van der Waals surface area contributed by atoms with Crippen LogP contribution in [0.2, 0.25) is 39.3 Å². The van der Waals surface area contributed by atoms with E-state index >= 15 is 0 Å². The van der Waals surface area contributed by atoms with Gasteiger partial charge in [0.25, 0.3) is 0 Å². The smallest absolute Gasteiger partial charge is 0.129 e. The number of carbonyl (C=O) groups is 1. The third kappa shape index (κ3) is 53.4. The molecule has 0 saturated carbocycles. The van der Waals surface area contributed by atoms with Crippen LogP contribution in [0.4, 0.5) is 0 Å². The van der Waals surface area contributed by atoms with Crippen molar-refractivity contribution in [1.82, 2.24) is 0 Å². The highest BCUT2D eigenvalue weighted by Gasteiger charge is 2.11. The van der Waals surface area contributed by atoms with Crippen molar-refractivity contribution in [2.45, 2.75) is 72.6 Å². The SMILES string of the molecule is C#C[Si](C)(C)C.CC(C)(O)C#C[Si](C)(C)C.CC(C)=O. The molecule has 0 bridgehead atoms. The zero-order valence-electron chi connectivity index (χ0n) is 14.9. The number of carbonyl (C=O) groups excluding carboxylic acids is 1. The fourth-order valence-electron chi connectivity index (χ4n) is 0.340. The van der Waals surface area contributed by atoms with Gasteiger partial charge in [0, 0.05) is 0 Å². The summed E-state index contributed by atoms with van der Waals surface area (Å²) in [7, 11) is -2.39. The van der Waals surface area contributed by atoms with Gasteiger partial charge in [-0.1, -0.05) is 45.2 Å². The molecule has 0 heterocycles. The van der Waals surface area contributed by atoms with Crippen LogP contribution in [0.5, 0.6) is 0 Å². The maximum atomic E-state index is 9.44. The van der Waals surface area contributed by atoms with E-state index in [0.29, 0.717) is 0 Å². The molecule has 0 amide bonds. The average molecular weight is 313 g/mol. The largest absolute Gasteiger partial charge is 0.378 e. The minimum atomic E-state index is -1.29. The molecule has 0 saturated heterocycles. The molecule has 0 rings (SSSR count). The van der Waals surface area contributed by atoms with Gasteiger partial charge in [-0.3, -0.25) is 0 Å². The molecule has 1 N–H and O–H groups in total. The lowest BCUT2D eigenvalue weighted by molar-refractivity contribution is -0.114. The lowest BCUT2D eigenvalue weighted by Gasteiger charge is -2.09. The molecule has 0 aliphatic rings. The van der Waals surface area contributed by atoms with E-state index in [9.17, 15) is 9.90 Å². The maximum absolute atomic E-state index is 9.44. The Hall–Kier alpha value is -0.816. The van der Waals surface area contributed by atoms with Gasteiger partial charge in [0.1, 0.15) is 27.5 Å². The molecule has 0 spiro atoms. The van der Waals surface area contributed by atoms with Gasteiger partial charge in [-0.15, -0.1) is 17.5 Å². The van der Waals surface area contributed by atoms with Crippen LogP contribution in [-0.2, 0) is 4.79 Å². The Labute approximate surface area is 128 Å². The lowest BCUT2D eigenvalue weighted by Crippen LogP contribution is -2.21. The van der Waals surface area contributed by atoms with Gasteiger partial charge in [0.05, 0.1) is 0 Å². The first-order valence-corrected chi connectivity index (χ1v) is 13.7. The van der Waals surface area contributed by atoms with E-state index in [1.165, 1.54) is 13.8 Å². The van der Waals surface area contributed by atoms with E-state index in [2.05, 4.69) is 56.3 Å². The highest BCUT2D eigenvalue weighted by molar-refractivity contribution is 6.84. The summed E-state index contributed by atoms with van der Waals surface area (Å²) in [6, 6.07) is 0. The van der Waals surface area contributed by atoms with Crippen molar-refractivity contribution >= 4 is 21.9 Å². The van der Waals surface area contributed by atoms with E-state index < -0.39 is 21.7 Å². The van der Waals surface area contributed by atoms with Gasteiger partial charge in [0.15, 0.2) is 0 Å². The van der Waals surface area contributed by atoms with Crippen molar-refractivity contribution in [3.05, 3.63) is 0 Å². The molecule has 0 aliphatic heterocycles. The Bertz CT molecular complexity index is 352. The van der Waals surface area contributed by atoms with Gasteiger partial charge >= 0.3 is 0 Å². The lowest BCUT2D eigenvalue weighted by atomic mass is 10.2. The maximum Gasteiger partial charge on any atom is 0.129 e. The Morgan fingerprint density at radius 3 is 1.30 bits per heavy atom. The van der Waals surface area contributed by atoms with E-state index in [1.807, 2.05) is 0 Å². The molecular weight excluding hydrogens is 280 g/mol. The van der Waals surface area contributed by atoms with Crippen LogP contribution in [0.1, 0.15) is 27.7 Å². The molecular formula is C16H32O2Si2. The number of ketones is 1. The zero-order valence-corrected chi connectivity index (χ0v) is 16.9. The zero-order chi connectivity index (χ0) is 17.2. The first kappa shape index (κ1) is 24.2. The Morgan fingerprint density at radius 1 is 1.00 bits per heavy atom.